The lowest BCUT2D eigenvalue weighted by molar-refractivity contribution is 0.630. The maximum Gasteiger partial charge on any atom is 0.123 e. The van der Waals surface area contributed by atoms with Gasteiger partial charge in [0.05, 0.1) is 0 Å². The van der Waals surface area contributed by atoms with Crippen LogP contribution in [0.15, 0.2) is 24.3 Å². The summed E-state index contributed by atoms with van der Waals surface area (Å²) in [6.45, 7) is 0.922. The number of halogens is 1. The molecule has 1 N–H and O–H groups in total. The zero-order valence-corrected chi connectivity index (χ0v) is 9.11. The van der Waals surface area contributed by atoms with Crippen molar-refractivity contribution in [3.8, 4) is 0 Å². The molecule has 0 spiro atoms. The van der Waals surface area contributed by atoms with Crippen molar-refractivity contribution < 1.29 is 4.39 Å². The van der Waals surface area contributed by atoms with E-state index in [-0.39, 0.29) is 5.82 Å². The van der Waals surface area contributed by atoms with Crippen molar-refractivity contribution in [1.82, 2.24) is 5.32 Å². The fourth-order valence-corrected chi connectivity index (χ4v) is 2.68. The average Bonchev–Trinajstić information content (AvgIpc) is 2.95. The zero-order chi connectivity index (χ0) is 10.3. The molecule has 1 aliphatic carbocycles. The Bertz CT molecular complexity index is 487. The largest absolute Gasteiger partial charge is 0.309 e. The molecule has 0 aliphatic heterocycles. The van der Waals surface area contributed by atoms with Crippen molar-refractivity contribution in [1.29, 1.82) is 0 Å². The summed E-state index contributed by atoms with van der Waals surface area (Å²) in [4.78, 5) is 1.29. The van der Waals surface area contributed by atoms with Crippen LogP contribution in [0.5, 0.6) is 0 Å². The molecule has 1 saturated carbocycles. The van der Waals surface area contributed by atoms with Gasteiger partial charge < -0.3 is 5.32 Å². The van der Waals surface area contributed by atoms with Crippen LogP contribution in [0.2, 0.25) is 0 Å². The highest BCUT2D eigenvalue weighted by Gasteiger charge is 2.20. The first-order valence-electron chi connectivity index (χ1n) is 5.22. The van der Waals surface area contributed by atoms with Gasteiger partial charge in [-0.15, -0.1) is 11.3 Å². The third kappa shape index (κ3) is 2.03. The van der Waals surface area contributed by atoms with Gasteiger partial charge in [0.1, 0.15) is 5.82 Å². The molecule has 1 aromatic heterocycles. The van der Waals surface area contributed by atoms with E-state index < -0.39 is 0 Å². The van der Waals surface area contributed by atoms with E-state index in [0.717, 1.165) is 18.0 Å². The van der Waals surface area contributed by atoms with Crippen LogP contribution in [0.3, 0.4) is 0 Å². The molecule has 3 rings (SSSR count). The van der Waals surface area contributed by atoms with Crippen LogP contribution in [0.4, 0.5) is 4.39 Å². The minimum Gasteiger partial charge on any atom is -0.309 e. The van der Waals surface area contributed by atoms with Crippen LogP contribution in [0.1, 0.15) is 17.7 Å². The number of hydrogen-bond acceptors (Lipinski definition) is 2. The third-order valence-corrected chi connectivity index (χ3v) is 3.79. The maximum atomic E-state index is 13.0. The normalized spacial score (nSPS) is 16.1. The van der Waals surface area contributed by atoms with Crippen LogP contribution in [0, 0.1) is 5.82 Å². The summed E-state index contributed by atoms with van der Waals surface area (Å²) >= 11 is 1.75. The molecule has 0 atom stereocenters. The summed E-state index contributed by atoms with van der Waals surface area (Å²) in [5, 5.41) is 4.49. The van der Waals surface area contributed by atoms with Gasteiger partial charge in [-0.2, -0.15) is 0 Å². The molecule has 15 heavy (non-hydrogen) atoms. The molecule has 1 fully saturated rings. The highest BCUT2D eigenvalue weighted by atomic mass is 32.1. The minimum atomic E-state index is -0.151. The maximum absolute atomic E-state index is 13.0. The van der Waals surface area contributed by atoms with Crippen LogP contribution in [-0.2, 0) is 6.54 Å². The standard InChI is InChI=1S/C12H12FNS/c13-9-1-4-12-8(5-9)6-11(15-12)7-14-10-2-3-10/h1,4-6,10,14H,2-3,7H2. The predicted octanol–water partition coefficient (Wildman–Crippen LogP) is 3.29. The monoisotopic (exact) mass is 221 g/mol. The lowest BCUT2D eigenvalue weighted by Crippen LogP contribution is -2.14. The van der Waals surface area contributed by atoms with Crippen LogP contribution >= 0.6 is 11.3 Å². The fraction of sp³-hybridized carbons (Fsp3) is 0.333. The summed E-state index contributed by atoms with van der Waals surface area (Å²) in [7, 11) is 0. The van der Waals surface area contributed by atoms with E-state index in [1.165, 1.54) is 28.5 Å². The van der Waals surface area contributed by atoms with Gasteiger partial charge in [-0.3, -0.25) is 0 Å². The first kappa shape index (κ1) is 9.31. The van der Waals surface area contributed by atoms with Crippen LogP contribution in [0.25, 0.3) is 10.1 Å². The van der Waals surface area contributed by atoms with Gasteiger partial charge in [-0.25, -0.2) is 4.39 Å². The molecule has 0 saturated heterocycles. The number of benzene rings is 1. The Morgan fingerprint density at radius 3 is 3.00 bits per heavy atom. The summed E-state index contributed by atoms with van der Waals surface area (Å²) in [6.07, 6.45) is 2.61. The van der Waals surface area contributed by atoms with Crippen molar-refractivity contribution in [2.75, 3.05) is 0 Å². The second-order valence-corrected chi connectivity index (χ2v) is 5.22. The highest BCUT2D eigenvalue weighted by Crippen LogP contribution is 2.27. The molecule has 78 valence electrons. The first-order chi connectivity index (χ1) is 7.31. The fourth-order valence-electron chi connectivity index (χ4n) is 1.69. The Balaban J connectivity index is 1.84. The SMILES string of the molecule is Fc1ccc2sc(CNC3CC3)cc2c1. The molecule has 1 aromatic carbocycles. The van der Waals surface area contributed by atoms with Gasteiger partial charge in [-0.05, 0) is 42.5 Å². The Hall–Kier alpha value is -0.930. The van der Waals surface area contributed by atoms with E-state index in [4.69, 9.17) is 0 Å². The van der Waals surface area contributed by atoms with Crippen molar-refractivity contribution in [2.45, 2.75) is 25.4 Å². The number of hydrogen-bond donors (Lipinski definition) is 1. The van der Waals surface area contributed by atoms with Crippen molar-refractivity contribution >= 4 is 21.4 Å². The van der Waals surface area contributed by atoms with Gasteiger partial charge in [0, 0.05) is 22.2 Å². The molecule has 2 aromatic rings. The second-order valence-electron chi connectivity index (χ2n) is 4.05. The molecular weight excluding hydrogens is 209 g/mol. The van der Waals surface area contributed by atoms with Crippen molar-refractivity contribution in [2.24, 2.45) is 0 Å². The van der Waals surface area contributed by atoms with E-state index in [0.29, 0.717) is 0 Å². The Labute approximate surface area is 91.9 Å². The number of rotatable bonds is 3. The molecule has 0 radical (unpaired) electrons. The summed E-state index contributed by atoms with van der Waals surface area (Å²) in [6, 6.07) is 7.80. The van der Waals surface area contributed by atoms with E-state index in [1.54, 1.807) is 17.4 Å². The van der Waals surface area contributed by atoms with Gasteiger partial charge in [0.15, 0.2) is 0 Å². The summed E-state index contributed by atoms with van der Waals surface area (Å²) in [5.74, 6) is -0.151. The van der Waals surface area contributed by atoms with Crippen molar-refractivity contribution in [3.63, 3.8) is 0 Å². The van der Waals surface area contributed by atoms with Gasteiger partial charge in [-0.1, -0.05) is 0 Å². The Kier molecular flexibility index (Phi) is 2.22. The quantitative estimate of drug-likeness (QED) is 0.838. The smallest absolute Gasteiger partial charge is 0.123 e. The minimum absolute atomic E-state index is 0.151. The predicted molar refractivity (Wildman–Crippen MR) is 61.6 cm³/mol. The molecule has 0 amide bonds. The highest BCUT2D eigenvalue weighted by molar-refractivity contribution is 7.19. The molecule has 1 heterocycles. The second kappa shape index (κ2) is 3.58. The number of fused-ring (bicyclic) bond motifs is 1. The van der Waals surface area contributed by atoms with E-state index in [2.05, 4.69) is 11.4 Å². The number of nitrogens with one attached hydrogen (secondary N) is 1. The van der Waals surface area contributed by atoms with Gasteiger partial charge in [0.2, 0.25) is 0 Å². The third-order valence-electron chi connectivity index (χ3n) is 2.67. The molecule has 0 bridgehead atoms. The van der Waals surface area contributed by atoms with Crippen molar-refractivity contribution in [3.05, 3.63) is 35.0 Å². The molecular formula is C12H12FNS. The lowest BCUT2D eigenvalue weighted by Gasteiger charge is -1.97. The van der Waals surface area contributed by atoms with E-state index >= 15 is 0 Å². The number of thiophene rings is 1. The molecule has 3 heteroatoms. The Morgan fingerprint density at radius 2 is 2.20 bits per heavy atom. The summed E-state index contributed by atoms with van der Waals surface area (Å²) in [5.41, 5.74) is 0. The topological polar surface area (TPSA) is 12.0 Å². The molecule has 0 unspecified atom stereocenters. The van der Waals surface area contributed by atoms with Gasteiger partial charge >= 0.3 is 0 Å². The lowest BCUT2D eigenvalue weighted by atomic mass is 10.2. The Morgan fingerprint density at radius 1 is 1.33 bits per heavy atom. The van der Waals surface area contributed by atoms with Crippen LogP contribution < -0.4 is 5.32 Å². The molecule has 1 nitrogen and oxygen atoms in total. The average molecular weight is 221 g/mol. The summed E-state index contributed by atoms with van der Waals surface area (Å²) < 4.78 is 14.1. The van der Waals surface area contributed by atoms with E-state index in [1.807, 2.05) is 6.07 Å². The van der Waals surface area contributed by atoms with Crippen LogP contribution in [-0.4, -0.2) is 6.04 Å². The zero-order valence-electron chi connectivity index (χ0n) is 8.29. The van der Waals surface area contributed by atoms with E-state index in [9.17, 15) is 4.39 Å². The first-order valence-corrected chi connectivity index (χ1v) is 6.04. The van der Waals surface area contributed by atoms with Gasteiger partial charge in [0.25, 0.3) is 0 Å². The molecule has 1 aliphatic rings.